The van der Waals surface area contributed by atoms with E-state index >= 15 is 0 Å². The van der Waals surface area contributed by atoms with Crippen LogP contribution in [-0.4, -0.2) is 42.1 Å². The Hall–Kier alpha value is -2.42. The van der Waals surface area contributed by atoms with Gasteiger partial charge in [0.25, 0.3) is 0 Å². The van der Waals surface area contributed by atoms with Crippen molar-refractivity contribution >= 4 is 15.9 Å². The minimum absolute atomic E-state index is 0.0146. The molecule has 1 aliphatic heterocycles. The Balaban J connectivity index is 1.68. The number of amides is 2. The molecule has 1 aliphatic rings. The van der Waals surface area contributed by atoms with Crippen molar-refractivity contribution in [1.82, 2.24) is 20.8 Å². The normalized spacial score (nSPS) is 20.1. The fourth-order valence-corrected chi connectivity index (χ4v) is 4.50. The SMILES string of the molecule is Cc1noc(CC(NC(=O)NC2CCS(=O)(=O)C2)c2ccccc2)n1. The van der Waals surface area contributed by atoms with Gasteiger partial charge in [-0.2, -0.15) is 4.98 Å². The zero-order chi connectivity index (χ0) is 17.9. The number of aryl methyl sites for hydroxylation is 1. The third kappa shape index (κ3) is 4.79. The van der Waals surface area contributed by atoms with Crippen LogP contribution in [0.15, 0.2) is 34.9 Å². The van der Waals surface area contributed by atoms with Gasteiger partial charge < -0.3 is 15.2 Å². The molecule has 3 rings (SSSR count). The first-order chi connectivity index (χ1) is 11.9. The maximum absolute atomic E-state index is 12.3. The third-order valence-electron chi connectivity index (χ3n) is 4.02. The number of aromatic nitrogens is 2. The maximum atomic E-state index is 12.3. The van der Waals surface area contributed by atoms with E-state index in [-0.39, 0.29) is 23.6 Å². The van der Waals surface area contributed by atoms with E-state index in [4.69, 9.17) is 4.52 Å². The Morgan fingerprint density at radius 3 is 2.72 bits per heavy atom. The first-order valence-corrected chi connectivity index (χ1v) is 9.85. The van der Waals surface area contributed by atoms with Crippen LogP contribution < -0.4 is 10.6 Å². The molecule has 2 atom stereocenters. The van der Waals surface area contributed by atoms with Crippen LogP contribution in [0, 0.1) is 6.92 Å². The molecular formula is C16H20N4O4S. The average molecular weight is 364 g/mol. The third-order valence-corrected chi connectivity index (χ3v) is 5.79. The molecule has 2 amide bonds. The fourth-order valence-electron chi connectivity index (χ4n) is 2.83. The Bertz CT molecular complexity index is 835. The lowest BCUT2D eigenvalue weighted by molar-refractivity contribution is 0.233. The molecule has 0 saturated carbocycles. The molecule has 1 aromatic heterocycles. The summed E-state index contributed by atoms with van der Waals surface area (Å²) >= 11 is 0. The smallest absolute Gasteiger partial charge is 0.315 e. The lowest BCUT2D eigenvalue weighted by Gasteiger charge is -2.19. The van der Waals surface area contributed by atoms with Gasteiger partial charge in [-0.1, -0.05) is 35.5 Å². The standard InChI is InChI=1S/C16H20N4O4S/c1-11-17-15(24-20-11)9-14(12-5-3-2-4-6-12)19-16(21)18-13-7-8-25(22,23)10-13/h2-6,13-14H,7-10H2,1H3,(H2,18,19,21). The number of benzene rings is 1. The lowest BCUT2D eigenvalue weighted by atomic mass is 10.0. The maximum Gasteiger partial charge on any atom is 0.315 e. The van der Waals surface area contributed by atoms with Crippen molar-refractivity contribution in [2.75, 3.05) is 11.5 Å². The first-order valence-electron chi connectivity index (χ1n) is 8.03. The number of nitrogens with one attached hydrogen (secondary N) is 2. The van der Waals surface area contributed by atoms with Crippen LogP contribution in [0.4, 0.5) is 4.79 Å². The van der Waals surface area contributed by atoms with Crippen LogP contribution in [0.5, 0.6) is 0 Å². The highest BCUT2D eigenvalue weighted by molar-refractivity contribution is 7.91. The van der Waals surface area contributed by atoms with Crippen molar-refractivity contribution in [3.05, 3.63) is 47.6 Å². The van der Waals surface area contributed by atoms with Crippen molar-refractivity contribution in [2.45, 2.75) is 31.8 Å². The number of urea groups is 1. The molecule has 134 valence electrons. The summed E-state index contributed by atoms with van der Waals surface area (Å²) in [7, 11) is -3.04. The Kier molecular flexibility index (Phi) is 5.03. The molecule has 2 heterocycles. The van der Waals surface area contributed by atoms with E-state index in [9.17, 15) is 13.2 Å². The van der Waals surface area contributed by atoms with Crippen LogP contribution >= 0.6 is 0 Å². The average Bonchev–Trinajstić information content (AvgIpc) is 3.12. The zero-order valence-corrected chi connectivity index (χ0v) is 14.6. The summed E-state index contributed by atoms with van der Waals surface area (Å²) in [5, 5.41) is 9.36. The minimum Gasteiger partial charge on any atom is -0.339 e. The number of nitrogens with zero attached hydrogens (tertiary/aromatic N) is 2. The minimum atomic E-state index is -3.04. The Labute approximate surface area is 145 Å². The van der Waals surface area contributed by atoms with Crippen molar-refractivity contribution < 1.29 is 17.7 Å². The molecule has 0 bridgehead atoms. The molecule has 0 radical (unpaired) electrons. The predicted octanol–water partition coefficient (Wildman–Crippen LogP) is 1.15. The van der Waals surface area contributed by atoms with Gasteiger partial charge in [0, 0.05) is 6.04 Å². The van der Waals surface area contributed by atoms with Crippen LogP contribution in [-0.2, 0) is 16.3 Å². The summed E-state index contributed by atoms with van der Waals surface area (Å²) in [5.41, 5.74) is 0.896. The van der Waals surface area contributed by atoms with Gasteiger partial charge in [0.15, 0.2) is 15.7 Å². The highest BCUT2D eigenvalue weighted by Gasteiger charge is 2.29. The van der Waals surface area contributed by atoms with Gasteiger partial charge in [-0.25, -0.2) is 13.2 Å². The van der Waals surface area contributed by atoms with E-state index in [2.05, 4.69) is 20.8 Å². The summed E-state index contributed by atoms with van der Waals surface area (Å²) in [6.45, 7) is 1.73. The molecule has 1 fully saturated rings. The second-order valence-corrected chi connectivity index (χ2v) is 8.35. The number of rotatable bonds is 5. The topological polar surface area (TPSA) is 114 Å². The molecule has 2 aromatic rings. The van der Waals surface area contributed by atoms with Gasteiger partial charge >= 0.3 is 6.03 Å². The number of carbonyl (C=O) groups is 1. The van der Waals surface area contributed by atoms with E-state index in [1.807, 2.05) is 30.3 Å². The summed E-state index contributed by atoms with van der Waals surface area (Å²) in [6, 6.07) is 8.32. The predicted molar refractivity (Wildman–Crippen MR) is 90.6 cm³/mol. The second-order valence-electron chi connectivity index (χ2n) is 6.12. The monoisotopic (exact) mass is 364 g/mol. The van der Waals surface area contributed by atoms with E-state index in [0.717, 1.165) is 5.56 Å². The molecule has 2 unspecified atom stereocenters. The van der Waals surface area contributed by atoms with Crippen molar-refractivity contribution in [3.63, 3.8) is 0 Å². The summed E-state index contributed by atoms with van der Waals surface area (Å²) < 4.78 is 28.2. The van der Waals surface area contributed by atoms with Crippen molar-refractivity contribution in [1.29, 1.82) is 0 Å². The molecule has 0 aliphatic carbocycles. The van der Waals surface area contributed by atoms with Crippen LogP contribution in [0.25, 0.3) is 0 Å². The number of hydrogen-bond acceptors (Lipinski definition) is 6. The van der Waals surface area contributed by atoms with Crippen LogP contribution in [0.2, 0.25) is 0 Å². The van der Waals surface area contributed by atoms with E-state index in [1.54, 1.807) is 6.92 Å². The zero-order valence-electron chi connectivity index (χ0n) is 13.8. The fraction of sp³-hybridized carbons (Fsp3) is 0.438. The molecule has 0 spiro atoms. The van der Waals surface area contributed by atoms with E-state index < -0.39 is 15.9 Å². The molecule has 9 heteroatoms. The van der Waals surface area contributed by atoms with Gasteiger partial charge in [-0.3, -0.25) is 0 Å². The van der Waals surface area contributed by atoms with Crippen molar-refractivity contribution in [2.24, 2.45) is 0 Å². The summed E-state index contributed by atoms with van der Waals surface area (Å²) in [5.74, 6) is 1.05. The Morgan fingerprint density at radius 2 is 2.12 bits per heavy atom. The van der Waals surface area contributed by atoms with Crippen LogP contribution in [0.3, 0.4) is 0 Å². The number of carbonyl (C=O) groups excluding carboxylic acids is 1. The van der Waals surface area contributed by atoms with Gasteiger partial charge in [-0.15, -0.1) is 0 Å². The number of hydrogen-bond donors (Lipinski definition) is 2. The largest absolute Gasteiger partial charge is 0.339 e. The number of sulfone groups is 1. The van der Waals surface area contributed by atoms with Gasteiger partial charge in [0.2, 0.25) is 5.89 Å². The van der Waals surface area contributed by atoms with Gasteiger partial charge in [0.05, 0.1) is 24.0 Å². The second kappa shape index (κ2) is 7.22. The quantitative estimate of drug-likeness (QED) is 0.822. The van der Waals surface area contributed by atoms with E-state index in [0.29, 0.717) is 24.6 Å². The lowest BCUT2D eigenvalue weighted by Crippen LogP contribution is -2.44. The molecule has 1 aromatic carbocycles. The molecule has 25 heavy (non-hydrogen) atoms. The summed E-state index contributed by atoms with van der Waals surface area (Å²) in [6.07, 6.45) is 0.788. The molecule has 8 nitrogen and oxygen atoms in total. The first kappa shape index (κ1) is 17.4. The molecular weight excluding hydrogens is 344 g/mol. The molecule has 2 N–H and O–H groups in total. The highest BCUT2D eigenvalue weighted by atomic mass is 32.2. The summed E-state index contributed by atoms with van der Waals surface area (Å²) in [4.78, 5) is 16.5. The highest BCUT2D eigenvalue weighted by Crippen LogP contribution is 2.18. The van der Waals surface area contributed by atoms with Gasteiger partial charge in [-0.05, 0) is 18.9 Å². The Morgan fingerprint density at radius 1 is 1.36 bits per heavy atom. The van der Waals surface area contributed by atoms with Gasteiger partial charge in [0.1, 0.15) is 0 Å². The molecule has 1 saturated heterocycles. The van der Waals surface area contributed by atoms with Crippen LogP contribution in [0.1, 0.15) is 29.7 Å². The van der Waals surface area contributed by atoms with Crippen molar-refractivity contribution in [3.8, 4) is 0 Å². The van der Waals surface area contributed by atoms with E-state index in [1.165, 1.54) is 0 Å².